The van der Waals surface area contributed by atoms with E-state index in [1.165, 1.54) is 18.2 Å². The van der Waals surface area contributed by atoms with Crippen LogP contribution in [0.15, 0.2) is 24.3 Å². The van der Waals surface area contributed by atoms with E-state index in [0.717, 1.165) is 6.07 Å². The van der Waals surface area contributed by atoms with Gasteiger partial charge >= 0.3 is 11.9 Å². The second kappa shape index (κ2) is 6.89. The summed E-state index contributed by atoms with van der Waals surface area (Å²) in [6, 6.07) is 5.20. The zero-order valence-electron chi connectivity index (χ0n) is 7.52. The van der Waals surface area contributed by atoms with Crippen LogP contribution >= 0.6 is 13.5 Å². The van der Waals surface area contributed by atoms with Gasteiger partial charge in [0.05, 0.1) is 11.1 Å². The smallest absolute Gasteiger partial charge is 0.335 e. The third kappa shape index (κ3) is 4.15. The van der Waals surface area contributed by atoms with Crippen molar-refractivity contribution in [2.75, 3.05) is 0 Å². The first-order chi connectivity index (χ1) is 5.61. The van der Waals surface area contributed by atoms with Crippen molar-refractivity contribution in [3.05, 3.63) is 35.4 Å². The molecule has 1 aromatic carbocycles. The molecule has 0 aliphatic carbocycles. The molecule has 0 spiro atoms. The van der Waals surface area contributed by atoms with E-state index in [4.69, 9.17) is 10.2 Å². The summed E-state index contributed by atoms with van der Waals surface area (Å²) in [6.45, 7) is 0. The zero-order valence-corrected chi connectivity index (χ0v) is 10.5. The second-order valence-electron chi connectivity index (χ2n) is 2.19. The molecule has 0 atom stereocenters. The fourth-order valence-electron chi connectivity index (χ4n) is 0.785. The SMILES string of the molecule is O=C(O)c1cccc(C(=O)O)c1.S.[Na]. The van der Waals surface area contributed by atoms with Gasteiger partial charge in [-0.05, 0) is 18.2 Å². The van der Waals surface area contributed by atoms with Gasteiger partial charge in [-0.2, -0.15) is 13.5 Å². The van der Waals surface area contributed by atoms with Crippen LogP contribution < -0.4 is 0 Å². The molecule has 0 bridgehead atoms. The molecule has 0 fully saturated rings. The Morgan fingerprint density at radius 2 is 1.36 bits per heavy atom. The molecule has 0 heterocycles. The summed E-state index contributed by atoms with van der Waals surface area (Å²) < 4.78 is 0. The first-order valence-corrected chi connectivity index (χ1v) is 3.18. The number of benzene rings is 1. The number of carbonyl (C=O) groups is 2. The molecule has 6 heteroatoms. The van der Waals surface area contributed by atoms with E-state index in [1.54, 1.807) is 0 Å². The molecule has 2 N–H and O–H groups in total. The molecular weight excluding hydrogens is 215 g/mol. The van der Waals surface area contributed by atoms with E-state index >= 15 is 0 Å². The molecule has 0 amide bonds. The molecular formula is C8H8NaO4S. The summed E-state index contributed by atoms with van der Waals surface area (Å²) in [4.78, 5) is 20.8. The van der Waals surface area contributed by atoms with E-state index < -0.39 is 11.9 Å². The zero-order chi connectivity index (χ0) is 9.14. The van der Waals surface area contributed by atoms with Gasteiger partial charge in [-0.25, -0.2) is 9.59 Å². The van der Waals surface area contributed by atoms with Crippen molar-refractivity contribution < 1.29 is 19.8 Å². The van der Waals surface area contributed by atoms with Gasteiger partial charge in [0, 0.05) is 29.6 Å². The van der Waals surface area contributed by atoms with E-state index in [-0.39, 0.29) is 54.2 Å². The average molecular weight is 223 g/mol. The van der Waals surface area contributed by atoms with E-state index in [0.29, 0.717) is 0 Å². The first-order valence-electron chi connectivity index (χ1n) is 3.18. The summed E-state index contributed by atoms with van der Waals surface area (Å²) in [5, 5.41) is 17.0. The van der Waals surface area contributed by atoms with Crippen LogP contribution in [0.4, 0.5) is 0 Å². The van der Waals surface area contributed by atoms with Gasteiger partial charge in [0.25, 0.3) is 0 Å². The molecule has 4 nitrogen and oxygen atoms in total. The van der Waals surface area contributed by atoms with Crippen molar-refractivity contribution in [2.24, 2.45) is 0 Å². The van der Waals surface area contributed by atoms with Gasteiger partial charge in [0.15, 0.2) is 0 Å². The van der Waals surface area contributed by atoms with E-state index in [1.807, 2.05) is 0 Å². The summed E-state index contributed by atoms with van der Waals surface area (Å²) in [6.07, 6.45) is 0. The maximum Gasteiger partial charge on any atom is 0.335 e. The Morgan fingerprint density at radius 1 is 1.00 bits per heavy atom. The molecule has 0 aromatic heterocycles. The molecule has 1 radical (unpaired) electrons. The summed E-state index contributed by atoms with van der Waals surface area (Å²) in [5.74, 6) is -2.25. The van der Waals surface area contributed by atoms with Crippen molar-refractivity contribution in [1.82, 2.24) is 0 Å². The number of carboxylic acids is 2. The van der Waals surface area contributed by atoms with Gasteiger partial charge in [0.1, 0.15) is 0 Å². The Balaban J connectivity index is 0. The van der Waals surface area contributed by atoms with Gasteiger partial charge < -0.3 is 10.2 Å². The van der Waals surface area contributed by atoms with E-state index in [2.05, 4.69) is 0 Å². The number of hydrogen-bond acceptors (Lipinski definition) is 2. The Labute approximate surface area is 110 Å². The van der Waals surface area contributed by atoms with Crippen LogP contribution in [0, 0.1) is 0 Å². The normalized spacial score (nSPS) is 8.00. The van der Waals surface area contributed by atoms with Crippen molar-refractivity contribution in [2.45, 2.75) is 0 Å². The molecule has 0 saturated carbocycles. The molecule has 0 unspecified atom stereocenters. The Morgan fingerprint density at radius 3 is 1.64 bits per heavy atom. The first kappa shape index (κ1) is 16.0. The van der Waals surface area contributed by atoms with Crippen LogP contribution in [0.25, 0.3) is 0 Å². The van der Waals surface area contributed by atoms with Crippen LogP contribution in [0.2, 0.25) is 0 Å². The Kier molecular flexibility index (Phi) is 7.85. The topological polar surface area (TPSA) is 74.6 Å². The fourth-order valence-corrected chi connectivity index (χ4v) is 0.785. The monoisotopic (exact) mass is 223 g/mol. The van der Waals surface area contributed by atoms with Gasteiger partial charge in [-0.15, -0.1) is 0 Å². The standard InChI is InChI=1S/C8H6O4.Na.H2S/c9-7(10)5-2-1-3-6(4-5)8(11)12;;/h1-4H,(H,9,10)(H,11,12);;1H2. The molecule has 71 valence electrons. The molecule has 1 aromatic rings. The Bertz CT molecular complexity index is 311. The Hall–Kier alpha value is -0.490. The largest absolute Gasteiger partial charge is 0.478 e. The number of aromatic carboxylic acids is 2. The summed E-state index contributed by atoms with van der Waals surface area (Å²) in [5.41, 5.74) is -0.0372. The maximum atomic E-state index is 10.4. The average Bonchev–Trinajstić information content (AvgIpc) is 2.04. The minimum atomic E-state index is -1.13. The predicted octanol–water partition coefficient (Wildman–Crippen LogP) is 0.815. The number of carboxylic acid groups (broad SMARTS) is 2. The minimum absolute atomic E-state index is 0. The van der Waals surface area contributed by atoms with E-state index in [9.17, 15) is 9.59 Å². The minimum Gasteiger partial charge on any atom is -0.478 e. The molecule has 0 aliphatic rings. The van der Waals surface area contributed by atoms with Crippen LogP contribution in [-0.2, 0) is 0 Å². The molecule has 0 saturated heterocycles. The van der Waals surface area contributed by atoms with Crippen LogP contribution in [0.1, 0.15) is 20.7 Å². The number of hydrogen-bond donors (Lipinski definition) is 2. The third-order valence-electron chi connectivity index (χ3n) is 1.36. The fraction of sp³-hybridized carbons (Fsp3) is 0. The second-order valence-corrected chi connectivity index (χ2v) is 2.19. The van der Waals surface area contributed by atoms with Crippen molar-refractivity contribution in [3.63, 3.8) is 0 Å². The van der Waals surface area contributed by atoms with Gasteiger partial charge in [-0.3, -0.25) is 0 Å². The van der Waals surface area contributed by atoms with Crippen LogP contribution in [-0.4, -0.2) is 51.7 Å². The van der Waals surface area contributed by atoms with Crippen molar-refractivity contribution >= 4 is 55.0 Å². The predicted molar refractivity (Wildman–Crippen MR) is 56.5 cm³/mol. The van der Waals surface area contributed by atoms with Gasteiger partial charge in [-0.1, -0.05) is 6.07 Å². The van der Waals surface area contributed by atoms with Crippen LogP contribution in [0.5, 0.6) is 0 Å². The summed E-state index contributed by atoms with van der Waals surface area (Å²) in [7, 11) is 0. The van der Waals surface area contributed by atoms with Crippen molar-refractivity contribution in [3.8, 4) is 0 Å². The van der Waals surface area contributed by atoms with Crippen molar-refractivity contribution in [1.29, 1.82) is 0 Å². The maximum absolute atomic E-state index is 10.4. The summed E-state index contributed by atoms with van der Waals surface area (Å²) >= 11 is 0. The molecule has 1 rings (SSSR count). The van der Waals surface area contributed by atoms with Crippen LogP contribution in [0.3, 0.4) is 0 Å². The molecule has 0 aliphatic heterocycles. The molecule has 14 heavy (non-hydrogen) atoms. The van der Waals surface area contributed by atoms with Gasteiger partial charge in [0.2, 0.25) is 0 Å². The third-order valence-corrected chi connectivity index (χ3v) is 1.36. The number of rotatable bonds is 2. The quantitative estimate of drug-likeness (QED) is 0.728.